The minimum absolute atomic E-state index is 0.0409. The van der Waals surface area contributed by atoms with Crippen molar-refractivity contribution in [3.8, 4) is 158 Å². The van der Waals surface area contributed by atoms with Crippen molar-refractivity contribution in [2.45, 2.75) is 112 Å². The zero-order valence-corrected chi connectivity index (χ0v) is 86.4. The number of hydrogen-bond donors (Lipinski definition) is 0. The number of rotatable bonds is 16. The van der Waals surface area contributed by atoms with Gasteiger partial charge < -0.3 is 13.3 Å². The molecule has 0 fully saturated rings. The highest BCUT2D eigenvalue weighted by atomic mass is 16.3. The lowest BCUT2D eigenvalue weighted by Gasteiger charge is -2.41. The van der Waals surface area contributed by atoms with Crippen LogP contribution in [0.5, 0.6) is 0 Å². The van der Waals surface area contributed by atoms with E-state index in [1.54, 1.807) is 0 Å². The smallest absolute Gasteiger partial charge is 0.168 e. The molecule has 0 aliphatic heterocycles. The summed E-state index contributed by atoms with van der Waals surface area (Å²) in [5.41, 5.74) is 37.8. The Bertz CT molecular complexity index is 9310. The molecule has 0 N–H and O–H groups in total. The summed E-state index contributed by atoms with van der Waals surface area (Å²) < 4.78 is 19.7. The van der Waals surface area contributed by atoms with Crippen LogP contribution in [0.3, 0.4) is 0 Å². The first kappa shape index (κ1) is 93.4. The van der Waals surface area contributed by atoms with E-state index in [9.17, 15) is 0 Å². The molecule has 2 unspecified atom stereocenters. The third-order valence-corrected chi connectivity index (χ3v) is 32.9. The molecule has 0 amide bonds. The van der Waals surface area contributed by atoms with Crippen LogP contribution in [0.15, 0.2) is 426 Å². The lowest BCUT2D eigenvalue weighted by molar-refractivity contribution is 0.255. The maximum Gasteiger partial charge on any atom is 0.168 e. The SMILES string of the molecule is C=CC1=C(C=C)C(C)(C)c2cc(-c3nc(-c4ccccc4)nc(-c4c5c(cc6c4oc4ccccc46)-c4ccccc4C5(C(C)C)C(C)C)n3)ccc21.CC(C)(C)C1(C)c2cc3oc4ccccc4c3cc2-c2c(-c3ccc(-c4nc(-c5ccccc5)nc(-c5ccccc5)n4)cc3)cccc21.CC(C)C1(C)c2cc3oc4ccccc4c3cc2-c2c(-c3cccc(-c4nc(-c5ccccc5)nc(-c5ccccc5)n4)c3)cccc21. The molecule has 12 heteroatoms. The molecule has 6 heterocycles. The number of nitrogens with zero attached hydrogens (tertiary/aromatic N) is 9. The lowest BCUT2D eigenvalue weighted by Crippen LogP contribution is -2.37. The summed E-state index contributed by atoms with van der Waals surface area (Å²) in [4.78, 5) is 45.7. The molecule has 0 radical (unpaired) electrons. The van der Waals surface area contributed by atoms with Crippen molar-refractivity contribution >= 4 is 71.4 Å². The summed E-state index contributed by atoms with van der Waals surface area (Å²) in [7, 11) is 0. The van der Waals surface area contributed by atoms with Gasteiger partial charge in [0.15, 0.2) is 52.4 Å². The van der Waals surface area contributed by atoms with Crippen LogP contribution in [0.1, 0.15) is 135 Å². The summed E-state index contributed by atoms with van der Waals surface area (Å²) in [6.07, 6.45) is 3.91. The summed E-state index contributed by atoms with van der Waals surface area (Å²) >= 11 is 0. The monoisotopic (exact) mass is 1940 g/mol. The van der Waals surface area contributed by atoms with Crippen molar-refractivity contribution in [2.24, 2.45) is 23.2 Å². The Morgan fingerprint density at radius 2 is 0.607 bits per heavy atom. The molecule has 12 nitrogen and oxygen atoms in total. The van der Waals surface area contributed by atoms with Gasteiger partial charge in [-0.1, -0.05) is 437 Å². The summed E-state index contributed by atoms with van der Waals surface area (Å²) in [6.45, 7) is 38.7. The minimum atomic E-state index is -0.320. The summed E-state index contributed by atoms with van der Waals surface area (Å²) in [5, 5.41) is 6.75. The minimum Gasteiger partial charge on any atom is -0.456 e. The maximum absolute atomic E-state index is 6.92. The molecular formula is C138H111N9O3. The predicted octanol–water partition coefficient (Wildman–Crippen LogP) is 35.9. The van der Waals surface area contributed by atoms with E-state index in [2.05, 4.69) is 328 Å². The van der Waals surface area contributed by atoms with Crippen molar-refractivity contribution in [3.05, 3.63) is 458 Å². The van der Waals surface area contributed by atoms with Gasteiger partial charge in [0.1, 0.15) is 33.5 Å². The van der Waals surface area contributed by atoms with E-state index in [4.69, 9.17) is 58.1 Å². The molecular weight excluding hydrogens is 1830 g/mol. The average Bonchev–Trinajstić information content (AvgIpc) is 1.52. The molecule has 17 aromatic carbocycles. The molecule has 0 saturated heterocycles. The van der Waals surface area contributed by atoms with Crippen LogP contribution in [0, 0.1) is 23.2 Å². The first-order chi connectivity index (χ1) is 72.9. The maximum atomic E-state index is 6.92. The Morgan fingerprint density at radius 3 is 1.09 bits per heavy atom. The summed E-state index contributed by atoms with van der Waals surface area (Å²) in [6, 6.07) is 134. The van der Waals surface area contributed by atoms with Crippen molar-refractivity contribution in [1.82, 2.24) is 44.9 Å². The standard InChI is InChI=1S/C49H43N3O.C45H35N3O.C44H33N3O/c1-9-32-34-25-24-31(26-40(34)48(7,8)38(32)10-2)46-50-45(30-18-12-11-13-19-30)51-47(52-46)42-43-36(27-37-35-21-15-17-23-41(35)53-44(37)42)33-20-14-16-22-39(33)49(43,28(3)4)29(5)6;1-44(2,3)45(4)36-20-13-19-32(40(36)35-26-34-33-18-11-12-21-38(33)49-39(34)27-37(35)45)28-22-24-31(25-23-28)43-47-41(29-14-7-5-8-15-29)46-42(48-43)30-16-9-6-10-17-30;1-27(2)44(3)36-22-13-21-32(40(36)35-25-34-33-20-10-11-23-38(33)48-39(34)26-37(35)44)30-18-12-19-31(24-30)43-46-41(28-14-6-4-7-15-28)45-42(47-43)29-16-8-5-9-17-29/h9-29H,1-2H2,3-8H3;5-27H,1-4H3;4-27H,1-3H3. The van der Waals surface area contributed by atoms with Crippen LogP contribution in [-0.4, -0.2) is 44.9 Å². The first-order valence-corrected chi connectivity index (χ1v) is 52.1. The average molecular weight is 1940 g/mol. The Kier molecular flexibility index (Phi) is 22.6. The van der Waals surface area contributed by atoms with Crippen LogP contribution in [-0.2, 0) is 21.7 Å². The fourth-order valence-electron chi connectivity index (χ4n) is 24.8. The molecule has 23 aromatic rings. The highest BCUT2D eigenvalue weighted by Gasteiger charge is 2.53. The van der Waals surface area contributed by atoms with Gasteiger partial charge in [-0.25, -0.2) is 44.9 Å². The Morgan fingerprint density at radius 1 is 0.247 bits per heavy atom. The van der Waals surface area contributed by atoms with E-state index in [1.165, 1.54) is 94.6 Å². The number of furan rings is 3. The van der Waals surface area contributed by atoms with E-state index >= 15 is 0 Å². The quantitative estimate of drug-likeness (QED) is 0.0904. The second kappa shape index (κ2) is 36.2. The Balaban J connectivity index is 0.000000117. The van der Waals surface area contributed by atoms with Gasteiger partial charge in [0.25, 0.3) is 0 Å². The molecule has 150 heavy (non-hydrogen) atoms. The molecule has 0 bridgehead atoms. The van der Waals surface area contributed by atoms with Crippen molar-refractivity contribution in [2.75, 3.05) is 0 Å². The third kappa shape index (κ3) is 14.9. The zero-order chi connectivity index (χ0) is 103. The van der Waals surface area contributed by atoms with Gasteiger partial charge >= 0.3 is 0 Å². The van der Waals surface area contributed by atoms with Crippen LogP contribution < -0.4 is 0 Å². The van der Waals surface area contributed by atoms with Gasteiger partial charge in [-0.15, -0.1) is 0 Å². The predicted molar refractivity (Wildman–Crippen MR) is 615 cm³/mol. The second-order valence-electron chi connectivity index (χ2n) is 43.1. The van der Waals surface area contributed by atoms with Crippen molar-refractivity contribution in [3.63, 3.8) is 0 Å². The Hall–Kier alpha value is -17.6. The lowest BCUT2D eigenvalue weighted by atomic mass is 9.62. The third-order valence-electron chi connectivity index (χ3n) is 32.9. The second-order valence-corrected chi connectivity index (χ2v) is 43.1. The zero-order valence-electron chi connectivity index (χ0n) is 86.4. The highest BCUT2D eigenvalue weighted by Crippen LogP contribution is 2.64. The van der Waals surface area contributed by atoms with Gasteiger partial charge in [-0.05, 0) is 195 Å². The number of allylic oxidation sites excluding steroid dienone is 4. The topological polar surface area (TPSA) is 155 Å². The van der Waals surface area contributed by atoms with E-state index in [0.29, 0.717) is 58.3 Å². The number of para-hydroxylation sites is 3. The molecule has 4 aliphatic rings. The van der Waals surface area contributed by atoms with E-state index in [1.807, 2.05) is 170 Å². The fourth-order valence-corrected chi connectivity index (χ4v) is 24.8. The van der Waals surface area contributed by atoms with Gasteiger partial charge in [0.05, 0.1) is 5.56 Å². The number of fused-ring (bicyclic) bond motifs is 19. The van der Waals surface area contributed by atoms with Crippen LogP contribution in [0.4, 0.5) is 0 Å². The molecule has 726 valence electrons. The summed E-state index contributed by atoms with van der Waals surface area (Å²) in [5.74, 6) is 6.70. The van der Waals surface area contributed by atoms with E-state index in [-0.39, 0.29) is 38.9 Å². The van der Waals surface area contributed by atoms with Crippen molar-refractivity contribution in [1.29, 1.82) is 0 Å². The van der Waals surface area contributed by atoms with Crippen LogP contribution in [0.2, 0.25) is 0 Å². The number of hydrogen-bond acceptors (Lipinski definition) is 12. The molecule has 4 aliphatic carbocycles. The molecule has 0 saturated carbocycles. The van der Waals surface area contributed by atoms with E-state index in [0.717, 1.165) is 133 Å². The van der Waals surface area contributed by atoms with Gasteiger partial charge in [0.2, 0.25) is 0 Å². The Labute approximate surface area is 874 Å². The van der Waals surface area contributed by atoms with Gasteiger partial charge in [-0.2, -0.15) is 0 Å². The molecule has 0 spiro atoms. The highest BCUT2D eigenvalue weighted by molar-refractivity contribution is 6.15. The van der Waals surface area contributed by atoms with Crippen LogP contribution >= 0.6 is 0 Å². The first-order valence-electron chi connectivity index (χ1n) is 52.1. The number of benzene rings is 17. The van der Waals surface area contributed by atoms with Gasteiger partial charge in [0, 0.05) is 98.5 Å². The van der Waals surface area contributed by atoms with E-state index < -0.39 is 0 Å². The number of aromatic nitrogens is 9. The van der Waals surface area contributed by atoms with Crippen molar-refractivity contribution < 1.29 is 13.3 Å². The normalized spacial score (nSPS) is 15.3. The molecule has 6 aromatic heterocycles. The van der Waals surface area contributed by atoms with Gasteiger partial charge in [-0.3, -0.25) is 0 Å². The van der Waals surface area contributed by atoms with Crippen LogP contribution in [0.25, 0.3) is 230 Å². The fraction of sp³-hybridized carbons (Fsp3) is 0.152. The molecule has 27 rings (SSSR count). The molecule has 2 atom stereocenters. The largest absolute Gasteiger partial charge is 0.456 e.